The zero-order chi connectivity index (χ0) is 21.1. The number of nitrogens with one attached hydrogen (secondary N) is 1. The quantitative estimate of drug-likeness (QED) is 0.470. The highest BCUT2D eigenvalue weighted by atomic mass is 16.6. The monoisotopic (exact) mass is 411 g/mol. The second kappa shape index (κ2) is 8.44. The lowest BCUT2D eigenvalue weighted by atomic mass is 10.1. The molecule has 8 nitrogen and oxygen atoms in total. The fourth-order valence-electron chi connectivity index (χ4n) is 3.51. The normalized spacial score (nSPS) is 13.6. The third-order valence-corrected chi connectivity index (χ3v) is 5.00. The zero-order valence-electron chi connectivity index (χ0n) is 16.4. The van der Waals surface area contributed by atoms with E-state index in [0.717, 1.165) is 35.8 Å². The van der Waals surface area contributed by atoms with Crippen LogP contribution in [0.4, 0.5) is 0 Å². The molecule has 4 rings (SSSR count). The van der Waals surface area contributed by atoms with E-state index in [1.807, 2.05) is 6.07 Å². The van der Waals surface area contributed by atoms with Gasteiger partial charge >= 0.3 is 11.6 Å². The molecule has 156 valence electrons. The summed E-state index contributed by atoms with van der Waals surface area (Å²) in [6, 6.07) is 8.57. The van der Waals surface area contributed by atoms with Crippen molar-refractivity contribution < 1.29 is 27.9 Å². The van der Waals surface area contributed by atoms with Crippen LogP contribution in [0.25, 0.3) is 11.0 Å². The number of furan rings is 1. The predicted octanol–water partition coefficient (Wildman–Crippen LogP) is 2.50. The van der Waals surface area contributed by atoms with Gasteiger partial charge < -0.3 is 23.6 Å². The summed E-state index contributed by atoms with van der Waals surface area (Å²) >= 11 is 0. The van der Waals surface area contributed by atoms with E-state index in [-0.39, 0.29) is 18.8 Å². The minimum Gasteiger partial charge on any atom is -0.482 e. The second-order valence-corrected chi connectivity index (χ2v) is 7.08. The molecule has 1 aliphatic carbocycles. The topological polar surface area (TPSA) is 108 Å². The molecule has 3 aromatic rings. The van der Waals surface area contributed by atoms with Gasteiger partial charge in [-0.15, -0.1) is 0 Å². The summed E-state index contributed by atoms with van der Waals surface area (Å²) in [7, 11) is 0. The molecule has 0 aliphatic heterocycles. The third kappa shape index (κ3) is 4.22. The maximum atomic E-state index is 12.1. The average molecular weight is 411 g/mol. The van der Waals surface area contributed by atoms with Crippen molar-refractivity contribution in [2.75, 3.05) is 6.61 Å². The maximum absolute atomic E-state index is 12.1. The molecule has 1 amide bonds. The van der Waals surface area contributed by atoms with Crippen molar-refractivity contribution in [1.82, 2.24) is 5.32 Å². The van der Waals surface area contributed by atoms with Crippen LogP contribution >= 0.6 is 0 Å². The van der Waals surface area contributed by atoms with Crippen molar-refractivity contribution in [3.05, 3.63) is 63.9 Å². The van der Waals surface area contributed by atoms with Gasteiger partial charge in [0.1, 0.15) is 17.1 Å². The number of amides is 1. The molecule has 30 heavy (non-hydrogen) atoms. The Morgan fingerprint density at radius 3 is 2.83 bits per heavy atom. The molecule has 0 bridgehead atoms. The summed E-state index contributed by atoms with van der Waals surface area (Å²) in [5.74, 6) is -0.165. The Kier molecular flexibility index (Phi) is 5.56. The Morgan fingerprint density at radius 2 is 2.03 bits per heavy atom. The molecule has 1 N–H and O–H groups in total. The van der Waals surface area contributed by atoms with E-state index >= 15 is 0 Å². The molecule has 0 saturated carbocycles. The van der Waals surface area contributed by atoms with Crippen LogP contribution in [0.5, 0.6) is 5.75 Å². The number of hydrogen-bond acceptors (Lipinski definition) is 7. The van der Waals surface area contributed by atoms with E-state index in [4.69, 9.17) is 18.3 Å². The van der Waals surface area contributed by atoms with E-state index in [2.05, 4.69) is 5.32 Å². The molecule has 2 aromatic heterocycles. The molecular weight excluding hydrogens is 390 g/mol. The minimum absolute atomic E-state index is 0.205. The van der Waals surface area contributed by atoms with Gasteiger partial charge in [0, 0.05) is 17.0 Å². The number of hydrogen-bond donors (Lipinski definition) is 1. The number of carbonyl (C=O) groups is 2. The van der Waals surface area contributed by atoms with Gasteiger partial charge in [-0.3, -0.25) is 4.79 Å². The largest absolute Gasteiger partial charge is 0.482 e. The lowest BCUT2D eigenvalue weighted by Crippen LogP contribution is -2.36. The Labute approximate surface area is 171 Å². The van der Waals surface area contributed by atoms with Gasteiger partial charge in [-0.05, 0) is 56.0 Å². The van der Waals surface area contributed by atoms with Crippen molar-refractivity contribution >= 4 is 22.8 Å². The van der Waals surface area contributed by atoms with Crippen molar-refractivity contribution in [2.24, 2.45) is 0 Å². The molecule has 2 heterocycles. The fraction of sp³-hybridized carbons (Fsp3) is 0.318. The number of carbonyl (C=O) groups excluding carboxylic acids is 2. The predicted molar refractivity (Wildman–Crippen MR) is 106 cm³/mol. The van der Waals surface area contributed by atoms with Crippen molar-refractivity contribution in [3.63, 3.8) is 0 Å². The molecule has 0 unspecified atom stereocenters. The molecule has 0 fully saturated rings. The van der Waals surface area contributed by atoms with Crippen LogP contribution in [0.2, 0.25) is 0 Å². The van der Waals surface area contributed by atoms with Crippen molar-refractivity contribution in [3.8, 4) is 5.75 Å². The van der Waals surface area contributed by atoms with Crippen LogP contribution in [0.15, 0.2) is 50.2 Å². The van der Waals surface area contributed by atoms with Gasteiger partial charge in [0.25, 0.3) is 5.91 Å². The number of fused-ring (bicyclic) bond motifs is 3. The fourth-order valence-corrected chi connectivity index (χ4v) is 3.51. The highest BCUT2D eigenvalue weighted by Crippen LogP contribution is 2.29. The summed E-state index contributed by atoms with van der Waals surface area (Å²) < 4.78 is 21.1. The third-order valence-electron chi connectivity index (χ3n) is 5.00. The Balaban J connectivity index is 1.32. The van der Waals surface area contributed by atoms with Crippen LogP contribution in [0.3, 0.4) is 0 Å². The minimum atomic E-state index is -0.978. The van der Waals surface area contributed by atoms with Gasteiger partial charge in [-0.1, -0.05) is 0 Å². The van der Waals surface area contributed by atoms with E-state index in [1.54, 1.807) is 24.3 Å². The molecule has 8 heteroatoms. The smallest absolute Gasteiger partial charge is 0.344 e. The van der Waals surface area contributed by atoms with Crippen LogP contribution in [0, 0.1) is 0 Å². The van der Waals surface area contributed by atoms with Crippen molar-refractivity contribution in [2.45, 2.75) is 38.8 Å². The number of benzene rings is 1. The Morgan fingerprint density at radius 1 is 1.20 bits per heavy atom. The molecular formula is C22H21NO7. The highest BCUT2D eigenvalue weighted by Gasteiger charge is 2.21. The number of esters is 1. The zero-order valence-corrected chi connectivity index (χ0v) is 16.4. The summed E-state index contributed by atoms with van der Waals surface area (Å²) in [5, 5.41) is 3.50. The van der Waals surface area contributed by atoms with Crippen LogP contribution < -0.4 is 15.7 Å². The standard InChI is InChI=1S/C22H21NO7/c1-13(21(25)23-11-15-4-3-9-27-15)29-20(24)12-28-14-7-8-17-16-5-2-6-18(16)22(26)30-19(17)10-14/h3-4,7-10,13H,2,5-6,11-12H2,1H3,(H,23,25)/t13-/m1/s1. The molecule has 1 aliphatic rings. The number of ether oxygens (including phenoxy) is 2. The van der Waals surface area contributed by atoms with E-state index < -0.39 is 18.0 Å². The summed E-state index contributed by atoms with van der Waals surface area (Å²) in [6.45, 7) is 1.30. The molecule has 1 atom stereocenters. The van der Waals surface area contributed by atoms with Crippen LogP contribution in [-0.2, 0) is 33.7 Å². The van der Waals surface area contributed by atoms with E-state index in [9.17, 15) is 14.4 Å². The lowest BCUT2D eigenvalue weighted by Gasteiger charge is -2.13. The summed E-state index contributed by atoms with van der Waals surface area (Å²) in [6.07, 6.45) is 3.06. The Hall–Kier alpha value is -3.55. The Bertz CT molecular complexity index is 1130. The first-order valence-electron chi connectivity index (χ1n) is 9.72. The number of rotatable bonds is 7. The molecule has 0 radical (unpaired) electrons. The first kappa shape index (κ1) is 19.8. The van der Waals surface area contributed by atoms with E-state index in [0.29, 0.717) is 17.1 Å². The SMILES string of the molecule is C[C@@H](OC(=O)COc1ccc2c3c(c(=O)oc2c1)CCC3)C(=O)NCc1ccco1. The molecule has 0 saturated heterocycles. The lowest BCUT2D eigenvalue weighted by molar-refractivity contribution is -0.156. The van der Waals surface area contributed by atoms with E-state index in [1.165, 1.54) is 13.2 Å². The second-order valence-electron chi connectivity index (χ2n) is 7.08. The first-order valence-corrected chi connectivity index (χ1v) is 9.72. The number of aryl methyl sites for hydroxylation is 1. The first-order chi connectivity index (χ1) is 14.5. The average Bonchev–Trinajstić information content (AvgIpc) is 3.42. The summed E-state index contributed by atoms with van der Waals surface area (Å²) in [5.41, 5.74) is 1.89. The van der Waals surface area contributed by atoms with Crippen LogP contribution in [0.1, 0.15) is 30.2 Å². The van der Waals surface area contributed by atoms with Gasteiger partial charge in [0.15, 0.2) is 12.7 Å². The van der Waals surface area contributed by atoms with Crippen molar-refractivity contribution in [1.29, 1.82) is 0 Å². The van der Waals surface area contributed by atoms with Gasteiger partial charge in [0.2, 0.25) is 0 Å². The molecule has 0 spiro atoms. The summed E-state index contributed by atoms with van der Waals surface area (Å²) in [4.78, 5) is 36.1. The van der Waals surface area contributed by atoms with Crippen LogP contribution in [-0.4, -0.2) is 24.6 Å². The maximum Gasteiger partial charge on any atom is 0.344 e. The van der Waals surface area contributed by atoms with Gasteiger partial charge in [-0.2, -0.15) is 0 Å². The highest BCUT2D eigenvalue weighted by molar-refractivity contribution is 5.84. The van der Waals surface area contributed by atoms with Gasteiger partial charge in [0.05, 0.1) is 12.8 Å². The van der Waals surface area contributed by atoms with Gasteiger partial charge in [-0.25, -0.2) is 9.59 Å². The molecule has 1 aromatic carbocycles.